The van der Waals surface area contributed by atoms with Gasteiger partial charge < -0.3 is 14.2 Å². The van der Waals surface area contributed by atoms with E-state index in [1.165, 1.54) is 12.1 Å². The molecule has 1 aromatic heterocycles. The van der Waals surface area contributed by atoms with Crippen molar-refractivity contribution in [1.29, 1.82) is 0 Å². The molecular weight excluding hydrogens is 395 g/mol. The zero-order valence-corrected chi connectivity index (χ0v) is 16.2. The van der Waals surface area contributed by atoms with Crippen molar-refractivity contribution in [2.75, 3.05) is 6.54 Å². The minimum Gasteiger partial charge on any atom is -0.443 e. The van der Waals surface area contributed by atoms with Crippen molar-refractivity contribution < 1.29 is 18.4 Å². The van der Waals surface area contributed by atoms with Gasteiger partial charge in [-0.2, -0.15) is 0 Å². The number of halogens is 2. The third-order valence-corrected chi connectivity index (χ3v) is 4.83. The van der Waals surface area contributed by atoms with E-state index in [-0.39, 0.29) is 23.4 Å². The molecule has 0 saturated heterocycles. The van der Waals surface area contributed by atoms with E-state index in [9.17, 15) is 9.18 Å². The highest BCUT2D eigenvalue weighted by Crippen LogP contribution is 2.23. The van der Waals surface area contributed by atoms with Gasteiger partial charge in [0.25, 0.3) is 5.91 Å². The van der Waals surface area contributed by atoms with Crippen LogP contribution < -0.4 is 0 Å². The summed E-state index contributed by atoms with van der Waals surface area (Å²) < 4.78 is 19.6. The first kappa shape index (κ1) is 19.2. The van der Waals surface area contributed by atoms with E-state index in [0.717, 1.165) is 5.56 Å². The van der Waals surface area contributed by atoms with Crippen LogP contribution >= 0.6 is 11.6 Å². The van der Waals surface area contributed by atoms with Gasteiger partial charge in [-0.05, 0) is 41.4 Å². The van der Waals surface area contributed by atoms with Gasteiger partial charge in [-0.15, -0.1) is 0 Å². The maximum atomic E-state index is 14.2. The van der Waals surface area contributed by atoms with Crippen LogP contribution in [0.15, 0.2) is 76.3 Å². The average molecular weight is 413 g/mol. The van der Waals surface area contributed by atoms with Gasteiger partial charge in [0.2, 0.25) is 0 Å². The summed E-state index contributed by atoms with van der Waals surface area (Å²) in [6.07, 6.45) is 0.0907. The summed E-state index contributed by atoms with van der Waals surface area (Å²) in [5, 5.41) is 4.33. The second-order valence-electron chi connectivity index (χ2n) is 6.72. The van der Waals surface area contributed by atoms with Crippen LogP contribution in [0.5, 0.6) is 0 Å². The number of furan rings is 1. The van der Waals surface area contributed by atoms with Crippen molar-refractivity contribution in [2.45, 2.75) is 19.1 Å². The van der Waals surface area contributed by atoms with Crippen molar-refractivity contribution in [3.05, 3.63) is 94.7 Å². The maximum Gasteiger partial charge on any atom is 0.257 e. The number of oxime groups is 1. The molecule has 4 rings (SSSR count). The summed E-state index contributed by atoms with van der Waals surface area (Å²) in [6.45, 7) is 0.583. The Labute approximate surface area is 172 Å². The second-order valence-corrected chi connectivity index (χ2v) is 7.10. The van der Waals surface area contributed by atoms with E-state index in [4.69, 9.17) is 20.9 Å². The van der Waals surface area contributed by atoms with Gasteiger partial charge in [0.1, 0.15) is 11.5 Å². The third-order valence-electron chi connectivity index (χ3n) is 4.62. The molecule has 0 saturated carbocycles. The van der Waals surface area contributed by atoms with Gasteiger partial charge >= 0.3 is 0 Å². The molecule has 7 heteroatoms. The van der Waals surface area contributed by atoms with Crippen LogP contribution in [0.1, 0.15) is 28.1 Å². The lowest BCUT2D eigenvalue weighted by atomic mass is 10.1. The Morgan fingerprint density at radius 3 is 2.59 bits per heavy atom. The summed E-state index contributed by atoms with van der Waals surface area (Å²) in [4.78, 5) is 20.2. The SMILES string of the molecule is O=C(c1ccccc1F)N(Cc1ccccc1)CC1CC(c2ccc(Cl)o2)=NO1. The molecule has 5 nitrogen and oxygen atoms in total. The summed E-state index contributed by atoms with van der Waals surface area (Å²) in [5.41, 5.74) is 1.59. The summed E-state index contributed by atoms with van der Waals surface area (Å²) in [7, 11) is 0. The number of carbonyl (C=O) groups excluding carboxylic acids is 1. The van der Waals surface area contributed by atoms with Crippen LogP contribution in [0.4, 0.5) is 4.39 Å². The van der Waals surface area contributed by atoms with E-state index in [1.807, 2.05) is 30.3 Å². The monoisotopic (exact) mass is 412 g/mol. The largest absolute Gasteiger partial charge is 0.443 e. The fraction of sp³-hybridized carbons (Fsp3) is 0.182. The Hall–Kier alpha value is -3.12. The maximum absolute atomic E-state index is 14.2. The van der Waals surface area contributed by atoms with Crippen molar-refractivity contribution in [3.8, 4) is 0 Å². The molecule has 0 aliphatic carbocycles. The van der Waals surface area contributed by atoms with E-state index >= 15 is 0 Å². The Kier molecular flexibility index (Phi) is 5.62. The molecule has 1 amide bonds. The van der Waals surface area contributed by atoms with Crippen molar-refractivity contribution >= 4 is 23.2 Å². The minimum absolute atomic E-state index is 0.0281. The Bertz CT molecular complexity index is 1040. The molecule has 1 aliphatic heterocycles. The number of hydrogen-bond donors (Lipinski definition) is 0. The molecule has 1 aliphatic rings. The highest BCUT2D eigenvalue weighted by atomic mass is 35.5. The van der Waals surface area contributed by atoms with Crippen LogP contribution in [0.3, 0.4) is 0 Å². The molecule has 0 radical (unpaired) electrons. The van der Waals surface area contributed by atoms with Gasteiger partial charge in [-0.3, -0.25) is 4.79 Å². The minimum atomic E-state index is -0.551. The first-order valence-electron chi connectivity index (χ1n) is 9.16. The van der Waals surface area contributed by atoms with Gasteiger partial charge in [-0.1, -0.05) is 47.6 Å². The summed E-state index contributed by atoms with van der Waals surface area (Å²) in [6, 6.07) is 18.9. The van der Waals surface area contributed by atoms with E-state index < -0.39 is 11.7 Å². The van der Waals surface area contributed by atoms with Crippen molar-refractivity contribution in [3.63, 3.8) is 0 Å². The molecule has 2 heterocycles. The first-order valence-corrected chi connectivity index (χ1v) is 9.54. The molecular formula is C22H18ClFN2O3. The standard InChI is InChI=1S/C22H18ClFN2O3/c23-21-11-10-20(28-21)19-12-16(29-25-19)14-26(13-15-6-2-1-3-7-15)22(27)17-8-4-5-9-18(17)24/h1-11,16H,12-14H2. The summed E-state index contributed by atoms with van der Waals surface area (Å²) >= 11 is 5.82. The van der Waals surface area contributed by atoms with E-state index in [2.05, 4.69) is 5.16 Å². The van der Waals surface area contributed by atoms with Crippen molar-refractivity contribution in [2.24, 2.45) is 5.16 Å². The fourth-order valence-electron chi connectivity index (χ4n) is 3.22. The van der Waals surface area contributed by atoms with Crippen LogP contribution in [-0.2, 0) is 11.4 Å². The molecule has 1 unspecified atom stereocenters. The molecule has 0 bridgehead atoms. The summed E-state index contributed by atoms with van der Waals surface area (Å²) in [5.74, 6) is -0.414. The predicted molar refractivity (Wildman–Crippen MR) is 107 cm³/mol. The Morgan fingerprint density at radius 2 is 1.86 bits per heavy atom. The van der Waals surface area contributed by atoms with Crippen LogP contribution in [0, 0.1) is 5.82 Å². The highest BCUT2D eigenvalue weighted by molar-refractivity contribution is 6.29. The lowest BCUT2D eigenvalue weighted by Crippen LogP contribution is -2.37. The average Bonchev–Trinajstić information content (AvgIpc) is 3.37. The van der Waals surface area contributed by atoms with E-state index in [1.54, 1.807) is 29.2 Å². The number of carbonyl (C=O) groups is 1. The molecule has 0 N–H and O–H groups in total. The molecule has 3 aromatic rings. The van der Waals surface area contributed by atoms with Crippen LogP contribution in [0.2, 0.25) is 5.22 Å². The number of benzene rings is 2. The van der Waals surface area contributed by atoms with Gasteiger partial charge in [0, 0.05) is 13.0 Å². The number of nitrogens with zero attached hydrogens (tertiary/aromatic N) is 2. The lowest BCUT2D eigenvalue weighted by molar-refractivity contribution is 0.0402. The van der Waals surface area contributed by atoms with Crippen molar-refractivity contribution in [1.82, 2.24) is 4.90 Å². The van der Waals surface area contributed by atoms with E-state index in [0.29, 0.717) is 24.4 Å². The highest BCUT2D eigenvalue weighted by Gasteiger charge is 2.29. The zero-order chi connectivity index (χ0) is 20.2. The smallest absolute Gasteiger partial charge is 0.257 e. The second kappa shape index (κ2) is 8.49. The molecule has 29 heavy (non-hydrogen) atoms. The van der Waals surface area contributed by atoms with Gasteiger partial charge in [0.15, 0.2) is 17.1 Å². The molecule has 2 aromatic carbocycles. The van der Waals surface area contributed by atoms with Crippen LogP contribution in [0.25, 0.3) is 0 Å². The quantitative estimate of drug-likeness (QED) is 0.578. The zero-order valence-electron chi connectivity index (χ0n) is 15.4. The predicted octanol–water partition coefficient (Wildman–Crippen LogP) is 4.91. The molecule has 0 fully saturated rings. The molecule has 1 atom stereocenters. The van der Waals surface area contributed by atoms with Gasteiger partial charge in [0.05, 0.1) is 12.1 Å². The Morgan fingerprint density at radius 1 is 1.10 bits per heavy atom. The third kappa shape index (κ3) is 4.49. The van der Waals surface area contributed by atoms with Crippen LogP contribution in [-0.4, -0.2) is 29.2 Å². The van der Waals surface area contributed by atoms with Gasteiger partial charge in [-0.25, -0.2) is 4.39 Å². The Balaban J connectivity index is 1.51. The number of hydrogen-bond acceptors (Lipinski definition) is 4. The number of amides is 1. The molecule has 0 spiro atoms. The number of rotatable bonds is 6. The first-order chi connectivity index (χ1) is 14.1. The fourth-order valence-corrected chi connectivity index (χ4v) is 3.36. The molecule has 148 valence electrons. The normalized spacial score (nSPS) is 15.7. The lowest BCUT2D eigenvalue weighted by Gasteiger charge is -2.25. The topological polar surface area (TPSA) is 55.0 Å².